The van der Waals surface area contributed by atoms with Gasteiger partial charge in [-0.2, -0.15) is 0 Å². The highest BCUT2D eigenvalue weighted by Crippen LogP contribution is 2.35. The number of rotatable bonds is 7. The van der Waals surface area contributed by atoms with Crippen molar-refractivity contribution in [3.8, 4) is 0 Å². The lowest BCUT2D eigenvalue weighted by Crippen LogP contribution is -2.24. The zero-order chi connectivity index (χ0) is 18.7. The van der Waals surface area contributed by atoms with Crippen LogP contribution in [0.15, 0.2) is 18.2 Å². The van der Waals surface area contributed by atoms with Crippen molar-refractivity contribution in [2.75, 3.05) is 51.2 Å². The molecule has 2 aliphatic heterocycles. The van der Waals surface area contributed by atoms with Crippen molar-refractivity contribution in [1.82, 2.24) is 4.90 Å². The van der Waals surface area contributed by atoms with Gasteiger partial charge in [-0.25, -0.2) is 4.90 Å². The van der Waals surface area contributed by atoms with Crippen LogP contribution in [0.25, 0.3) is 0 Å². The monoisotopic (exact) mass is 356 g/mol. The molecule has 2 aliphatic rings. The molecular formula is C22H36N4+2. The second kappa shape index (κ2) is 8.24. The maximum atomic E-state index is 2.50. The Hall–Kier alpha value is -1.84. The first-order valence-electron chi connectivity index (χ1n) is 10.2. The topological polar surface area (TPSA) is 12.5 Å². The first kappa shape index (κ1) is 18.9. The van der Waals surface area contributed by atoms with Crippen LogP contribution < -0.4 is 4.90 Å². The zero-order valence-electron chi connectivity index (χ0n) is 17.3. The molecule has 4 heteroatoms. The Kier molecular flexibility index (Phi) is 6.00. The molecule has 0 spiro atoms. The Bertz CT molecular complexity index is 661. The van der Waals surface area contributed by atoms with Crippen LogP contribution in [0.5, 0.6) is 0 Å². The summed E-state index contributed by atoms with van der Waals surface area (Å²) in [6.45, 7) is 16.1. The van der Waals surface area contributed by atoms with E-state index in [0.717, 1.165) is 32.7 Å². The normalized spacial score (nSPS) is 17.5. The Morgan fingerprint density at radius 1 is 0.962 bits per heavy atom. The quantitative estimate of drug-likeness (QED) is 0.696. The smallest absolute Gasteiger partial charge is 0.239 e. The summed E-state index contributed by atoms with van der Waals surface area (Å²) in [5.74, 6) is 1.10. The standard InChI is InChI=1S/C22H36N4/c1-18(2)20-8-6-9-21(19(3)4)22(20)26-15-14-25(17-26)11-7-10-24-13-12-23(5)16-24/h6,8-9,16-19H,7,10-15H2,1-5H3/q+2. The van der Waals surface area contributed by atoms with Crippen molar-refractivity contribution in [2.24, 2.45) is 0 Å². The Labute approximate surface area is 159 Å². The van der Waals surface area contributed by atoms with E-state index in [4.69, 9.17) is 0 Å². The molecule has 0 radical (unpaired) electrons. The number of hydrogen-bond acceptors (Lipinski definition) is 2. The van der Waals surface area contributed by atoms with E-state index in [1.807, 2.05) is 0 Å². The maximum absolute atomic E-state index is 2.50. The predicted octanol–water partition coefficient (Wildman–Crippen LogP) is 3.17. The molecule has 3 rings (SSSR count). The number of benzene rings is 1. The lowest BCUT2D eigenvalue weighted by molar-refractivity contribution is -0.514. The average Bonchev–Trinajstić information content (AvgIpc) is 3.23. The minimum atomic E-state index is 0.550. The molecule has 0 amide bonds. The summed E-state index contributed by atoms with van der Waals surface area (Å²) in [5.41, 5.74) is 4.41. The Balaban J connectivity index is 1.69. The first-order valence-corrected chi connectivity index (χ1v) is 10.2. The number of para-hydroxylation sites is 1. The van der Waals surface area contributed by atoms with Gasteiger partial charge in [0.15, 0.2) is 0 Å². The van der Waals surface area contributed by atoms with Gasteiger partial charge in [0, 0.05) is 17.5 Å². The molecule has 0 atom stereocenters. The summed E-state index contributed by atoms with van der Waals surface area (Å²) in [5, 5.41) is 0. The van der Waals surface area contributed by atoms with Crippen molar-refractivity contribution >= 4 is 18.4 Å². The highest BCUT2D eigenvalue weighted by Gasteiger charge is 2.28. The summed E-state index contributed by atoms with van der Waals surface area (Å²) in [6, 6.07) is 6.84. The fourth-order valence-corrected chi connectivity index (χ4v) is 4.06. The molecule has 26 heavy (non-hydrogen) atoms. The van der Waals surface area contributed by atoms with Gasteiger partial charge in [0.25, 0.3) is 0 Å². The number of nitrogens with zero attached hydrogens (tertiary/aromatic N) is 4. The molecule has 4 nitrogen and oxygen atoms in total. The van der Waals surface area contributed by atoms with Crippen LogP contribution >= 0.6 is 0 Å². The van der Waals surface area contributed by atoms with Gasteiger partial charge in [-0.1, -0.05) is 45.9 Å². The third kappa shape index (κ3) is 4.28. The van der Waals surface area contributed by atoms with Crippen LogP contribution in [0, 0.1) is 0 Å². The van der Waals surface area contributed by atoms with E-state index in [1.165, 1.54) is 29.8 Å². The largest absolute Gasteiger partial charge is 0.267 e. The summed E-state index contributed by atoms with van der Waals surface area (Å²) in [6.07, 6.45) is 5.85. The Morgan fingerprint density at radius 3 is 2.23 bits per heavy atom. The third-order valence-electron chi connectivity index (χ3n) is 5.55. The van der Waals surface area contributed by atoms with Gasteiger partial charge in [0.2, 0.25) is 12.7 Å². The van der Waals surface area contributed by atoms with Gasteiger partial charge in [0.1, 0.15) is 31.9 Å². The second-order valence-electron chi connectivity index (χ2n) is 8.42. The summed E-state index contributed by atoms with van der Waals surface area (Å²) >= 11 is 0. The number of likely N-dealkylation sites (N-methyl/N-ethyl adjacent to an activating group) is 1. The third-order valence-corrected chi connectivity index (χ3v) is 5.55. The first-order chi connectivity index (χ1) is 12.5. The van der Waals surface area contributed by atoms with Gasteiger partial charge < -0.3 is 0 Å². The minimum Gasteiger partial charge on any atom is -0.267 e. The van der Waals surface area contributed by atoms with Crippen molar-refractivity contribution in [3.63, 3.8) is 0 Å². The highest BCUT2D eigenvalue weighted by atomic mass is 15.3. The predicted molar refractivity (Wildman–Crippen MR) is 111 cm³/mol. The van der Waals surface area contributed by atoms with Crippen molar-refractivity contribution in [3.05, 3.63) is 29.3 Å². The zero-order valence-corrected chi connectivity index (χ0v) is 17.3. The fraction of sp³-hybridized carbons (Fsp3) is 0.636. The molecule has 0 saturated heterocycles. The Morgan fingerprint density at radius 2 is 1.65 bits per heavy atom. The van der Waals surface area contributed by atoms with Gasteiger partial charge >= 0.3 is 0 Å². The van der Waals surface area contributed by atoms with Crippen molar-refractivity contribution in [1.29, 1.82) is 0 Å². The summed E-state index contributed by atoms with van der Waals surface area (Å²) in [7, 11) is 2.16. The minimum absolute atomic E-state index is 0.550. The molecule has 1 aromatic carbocycles. The van der Waals surface area contributed by atoms with E-state index < -0.39 is 0 Å². The van der Waals surface area contributed by atoms with Crippen molar-refractivity contribution < 1.29 is 9.15 Å². The molecule has 1 aromatic rings. The van der Waals surface area contributed by atoms with Crippen LogP contribution in [-0.4, -0.2) is 73.0 Å². The molecule has 0 bridgehead atoms. The van der Waals surface area contributed by atoms with Crippen LogP contribution in [0.4, 0.5) is 5.69 Å². The highest BCUT2D eigenvalue weighted by molar-refractivity contribution is 5.81. The van der Waals surface area contributed by atoms with Gasteiger partial charge in [-0.3, -0.25) is 14.1 Å². The molecule has 0 saturated carbocycles. The number of hydrogen-bond donors (Lipinski definition) is 0. The van der Waals surface area contributed by atoms with Gasteiger partial charge in [-0.05, 0) is 11.8 Å². The maximum Gasteiger partial charge on any atom is 0.239 e. The van der Waals surface area contributed by atoms with Gasteiger partial charge in [0.05, 0.1) is 20.1 Å². The molecule has 0 N–H and O–H groups in total. The van der Waals surface area contributed by atoms with E-state index in [0.29, 0.717) is 11.8 Å². The van der Waals surface area contributed by atoms with E-state index in [1.54, 1.807) is 0 Å². The second-order valence-corrected chi connectivity index (χ2v) is 8.42. The lowest BCUT2D eigenvalue weighted by Gasteiger charge is -2.20. The van der Waals surface area contributed by atoms with E-state index in [-0.39, 0.29) is 0 Å². The molecule has 2 heterocycles. The van der Waals surface area contributed by atoms with Crippen LogP contribution in [0.3, 0.4) is 0 Å². The average molecular weight is 357 g/mol. The van der Waals surface area contributed by atoms with Crippen LogP contribution in [0.2, 0.25) is 0 Å². The van der Waals surface area contributed by atoms with Gasteiger partial charge in [-0.15, -0.1) is 0 Å². The van der Waals surface area contributed by atoms with E-state index in [9.17, 15) is 0 Å². The summed E-state index contributed by atoms with van der Waals surface area (Å²) < 4.78 is 4.78. The van der Waals surface area contributed by atoms with E-state index in [2.05, 4.69) is 84.6 Å². The molecule has 0 fully saturated rings. The molecule has 0 aliphatic carbocycles. The van der Waals surface area contributed by atoms with Crippen LogP contribution in [0.1, 0.15) is 57.1 Å². The molecule has 0 aromatic heterocycles. The fourth-order valence-electron chi connectivity index (χ4n) is 4.06. The molecule has 0 unspecified atom stereocenters. The van der Waals surface area contributed by atoms with E-state index >= 15 is 0 Å². The lowest BCUT2D eigenvalue weighted by atomic mass is 9.92. The van der Waals surface area contributed by atoms with Crippen molar-refractivity contribution in [2.45, 2.75) is 46.0 Å². The summed E-state index contributed by atoms with van der Waals surface area (Å²) in [4.78, 5) is 4.94. The number of anilines is 1. The molecule has 142 valence electrons. The SMILES string of the molecule is CC(C)c1cccc(C(C)C)c1N1C=[N+](CCCN2C=[N+](C)CC2)CC1. The molecular weight excluding hydrogens is 320 g/mol. The van der Waals surface area contributed by atoms with Crippen LogP contribution in [-0.2, 0) is 0 Å².